The Bertz CT molecular complexity index is 403. The minimum atomic E-state index is -2.76. The van der Waals surface area contributed by atoms with Gasteiger partial charge in [-0.05, 0) is 0 Å². The Labute approximate surface area is 119 Å². The number of nitrogens with one attached hydrogen (secondary N) is 1. The van der Waals surface area contributed by atoms with Gasteiger partial charge in [0.25, 0.3) is 5.79 Å². The van der Waals surface area contributed by atoms with Gasteiger partial charge >= 0.3 is 5.97 Å². The van der Waals surface area contributed by atoms with E-state index in [4.69, 9.17) is 14.9 Å². The predicted molar refractivity (Wildman–Crippen MR) is 64.8 cm³/mol. The second-order valence-electron chi connectivity index (χ2n) is 4.91. The van der Waals surface area contributed by atoms with Crippen molar-refractivity contribution in [3.8, 4) is 0 Å². The maximum atomic E-state index is 11.1. The number of carboxylic acids is 1. The summed E-state index contributed by atoms with van der Waals surface area (Å²) in [5.41, 5.74) is 0. The molecule has 0 aliphatic carbocycles. The zero-order valence-electron chi connectivity index (χ0n) is 11.2. The van der Waals surface area contributed by atoms with Crippen molar-refractivity contribution >= 4 is 11.9 Å². The first kappa shape index (κ1) is 17.8. The molecule has 1 saturated heterocycles. The number of ether oxygens (including phenoxy) is 1. The number of hydrogen-bond donors (Lipinski definition) is 7. The van der Waals surface area contributed by atoms with E-state index in [9.17, 15) is 30.0 Å². The van der Waals surface area contributed by atoms with Gasteiger partial charge in [0.15, 0.2) is 0 Å². The van der Waals surface area contributed by atoms with Crippen LogP contribution >= 0.6 is 0 Å². The second-order valence-corrected chi connectivity index (χ2v) is 4.91. The Morgan fingerprint density at radius 2 is 2.00 bits per heavy atom. The number of aliphatic carboxylic acids is 1. The molecule has 10 heteroatoms. The summed E-state index contributed by atoms with van der Waals surface area (Å²) >= 11 is 0. The molecule has 1 aliphatic rings. The molecule has 0 radical (unpaired) electrons. The van der Waals surface area contributed by atoms with Crippen LogP contribution in [0.4, 0.5) is 0 Å². The second kappa shape index (κ2) is 6.64. The van der Waals surface area contributed by atoms with Crippen LogP contribution in [0.3, 0.4) is 0 Å². The van der Waals surface area contributed by atoms with E-state index in [1.807, 2.05) is 0 Å². The molecule has 122 valence electrons. The van der Waals surface area contributed by atoms with Gasteiger partial charge in [-0.25, -0.2) is 4.79 Å². The summed E-state index contributed by atoms with van der Waals surface area (Å²) < 4.78 is 4.78. The smallest absolute Gasteiger partial charge is 0.364 e. The summed E-state index contributed by atoms with van der Waals surface area (Å²) in [5, 5.41) is 59.0. The average Bonchev–Trinajstić information content (AvgIpc) is 2.40. The molecule has 21 heavy (non-hydrogen) atoms. The Morgan fingerprint density at radius 3 is 2.43 bits per heavy atom. The molecule has 1 fully saturated rings. The SMILES string of the molecule is CC(=O)N[C@@H]1C[C@@](O)(C(=O)O)OC([C@H](O)[C@H](O)CO)[C@@H]1O. The van der Waals surface area contributed by atoms with Crippen molar-refractivity contribution in [1.82, 2.24) is 5.32 Å². The van der Waals surface area contributed by atoms with E-state index >= 15 is 0 Å². The van der Waals surface area contributed by atoms with E-state index in [0.717, 1.165) is 6.92 Å². The fourth-order valence-corrected chi connectivity index (χ4v) is 2.12. The molecule has 10 nitrogen and oxygen atoms in total. The third-order valence-corrected chi connectivity index (χ3v) is 3.22. The van der Waals surface area contributed by atoms with Gasteiger partial charge in [0.1, 0.15) is 24.4 Å². The van der Waals surface area contributed by atoms with Gasteiger partial charge in [0, 0.05) is 13.3 Å². The Kier molecular flexibility index (Phi) is 5.61. The maximum absolute atomic E-state index is 11.1. The van der Waals surface area contributed by atoms with Crippen LogP contribution in [0.25, 0.3) is 0 Å². The Hall–Kier alpha value is -1.30. The summed E-state index contributed by atoms with van der Waals surface area (Å²) in [6.45, 7) is 0.250. The number of amides is 1. The molecular weight excluding hydrogens is 290 g/mol. The maximum Gasteiger partial charge on any atom is 0.364 e. The molecule has 0 saturated carbocycles. The van der Waals surface area contributed by atoms with Crippen molar-refractivity contribution in [2.24, 2.45) is 0 Å². The zero-order valence-corrected chi connectivity index (χ0v) is 11.2. The molecule has 0 bridgehead atoms. The van der Waals surface area contributed by atoms with Crippen LogP contribution in [0.5, 0.6) is 0 Å². The molecule has 1 unspecified atom stereocenters. The van der Waals surface area contributed by atoms with Gasteiger partial charge < -0.3 is 40.7 Å². The van der Waals surface area contributed by atoms with E-state index in [-0.39, 0.29) is 0 Å². The van der Waals surface area contributed by atoms with Crippen LogP contribution in [0.15, 0.2) is 0 Å². The van der Waals surface area contributed by atoms with Crippen molar-refractivity contribution in [3.63, 3.8) is 0 Å². The zero-order chi connectivity index (χ0) is 16.4. The van der Waals surface area contributed by atoms with Crippen LogP contribution in [0, 0.1) is 0 Å². The number of carboxylic acid groups (broad SMARTS) is 1. The number of aliphatic hydroxyl groups is 5. The van der Waals surface area contributed by atoms with Crippen molar-refractivity contribution in [2.75, 3.05) is 6.61 Å². The number of rotatable bonds is 5. The summed E-state index contributed by atoms with van der Waals surface area (Å²) in [6.07, 6.45) is -7.56. The first-order valence-electron chi connectivity index (χ1n) is 6.18. The van der Waals surface area contributed by atoms with Crippen molar-refractivity contribution in [1.29, 1.82) is 0 Å². The monoisotopic (exact) mass is 309 g/mol. The molecule has 1 amide bonds. The molecule has 0 aromatic rings. The Balaban J connectivity index is 3.05. The van der Waals surface area contributed by atoms with Crippen LogP contribution in [0.1, 0.15) is 13.3 Å². The van der Waals surface area contributed by atoms with Crippen LogP contribution in [-0.4, -0.2) is 85.4 Å². The van der Waals surface area contributed by atoms with Gasteiger partial charge in [-0.1, -0.05) is 0 Å². The van der Waals surface area contributed by atoms with E-state index in [0.29, 0.717) is 0 Å². The van der Waals surface area contributed by atoms with Crippen molar-refractivity contribution in [2.45, 2.75) is 49.6 Å². The molecule has 0 spiro atoms. The molecule has 1 aliphatic heterocycles. The molecule has 7 N–H and O–H groups in total. The predicted octanol–water partition coefficient (Wildman–Crippen LogP) is -3.87. The Morgan fingerprint density at radius 1 is 1.43 bits per heavy atom. The lowest BCUT2D eigenvalue weighted by Crippen LogP contribution is -2.66. The lowest BCUT2D eigenvalue weighted by Gasteiger charge is -2.44. The molecule has 1 heterocycles. The number of hydrogen-bond acceptors (Lipinski definition) is 8. The van der Waals surface area contributed by atoms with Crippen LogP contribution in [-0.2, 0) is 14.3 Å². The highest BCUT2D eigenvalue weighted by atomic mass is 16.7. The number of carbonyl (C=O) groups is 2. The van der Waals surface area contributed by atoms with Gasteiger partial charge in [-0.15, -0.1) is 0 Å². The highest BCUT2D eigenvalue weighted by molar-refractivity contribution is 5.76. The molecule has 1 rings (SSSR count). The van der Waals surface area contributed by atoms with Gasteiger partial charge in [0.05, 0.1) is 12.6 Å². The van der Waals surface area contributed by atoms with Gasteiger partial charge in [-0.3, -0.25) is 4.79 Å². The summed E-state index contributed by atoms with van der Waals surface area (Å²) in [7, 11) is 0. The van der Waals surface area contributed by atoms with Crippen LogP contribution in [0.2, 0.25) is 0 Å². The van der Waals surface area contributed by atoms with Gasteiger partial charge in [-0.2, -0.15) is 0 Å². The highest BCUT2D eigenvalue weighted by Crippen LogP contribution is 2.30. The average molecular weight is 309 g/mol. The minimum Gasteiger partial charge on any atom is -0.477 e. The minimum absolute atomic E-state index is 0.593. The van der Waals surface area contributed by atoms with Gasteiger partial charge in [0.2, 0.25) is 5.91 Å². The summed E-state index contributed by atoms with van der Waals surface area (Å²) in [4.78, 5) is 22.1. The van der Waals surface area contributed by atoms with E-state index < -0.39 is 61.1 Å². The normalized spacial score (nSPS) is 35.8. The van der Waals surface area contributed by atoms with Crippen molar-refractivity contribution in [3.05, 3.63) is 0 Å². The summed E-state index contributed by atoms with van der Waals surface area (Å²) in [6, 6.07) is -1.22. The number of carbonyl (C=O) groups excluding carboxylic acids is 1. The molecule has 0 aromatic heterocycles. The first-order valence-corrected chi connectivity index (χ1v) is 6.18. The van der Waals surface area contributed by atoms with Crippen molar-refractivity contribution < 1.29 is 45.0 Å². The lowest BCUT2D eigenvalue weighted by atomic mass is 9.89. The third kappa shape index (κ3) is 3.87. The molecular formula is C11H19NO9. The number of aliphatic hydroxyl groups excluding tert-OH is 4. The topological polar surface area (TPSA) is 177 Å². The highest BCUT2D eigenvalue weighted by Gasteiger charge is 2.53. The molecule has 6 atom stereocenters. The lowest BCUT2D eigenvalue weighted by molar-refractivity contribution is -0.299. The first-order chi connectivity index (χ1) is 9.62. The van der Waals surface area contributed by atoms with Crippen LogP contribution < -0.4 is 5.32 Å². The summed E-state index contributed by atoms with van der Waals surface area (Å²) in [5.74, 6) is -5.13. The van der Waals surface area contributed by atoms with E-state index in [2.05, 4.69) is 5.32 Å². The molecule has 0 aromatic carbocycles. The fraction of sp³-hybridized carbons (Fsp3) is 0.818. The van der Waals surface area contributed by atoms with E-state index in [1.165, 1.54) is 0 Å². The standard InChI is InChI=1S/C11H19NO9/c1-4(14)12-5-2-11(20,10(18)19)21-9(7(5)16)8(17)6(15)3-13/h5-9,13,15-17,20H,2-3H2,1H3,(H,12,14)(H,18,19)/t5-,6-,7-,8-,9?,11+/m1/s1. The quantitative estimate of drug-likeness (QED) is 0.268. The fourth-order valence-electron chi connectivity index (χ4n) is 2.12. The largest absolute Gasteiger partial charge is 0.477 e. The van der Waals surface area contributed by atoms with E-state index in [1.54, 1.807) is 0 Å². The third-order valence-electron chi connectivity index (χ3n) is 3.22.